The molecule has 0 radical (unpaired) electrons. The highest BCUT2D eigenvalue weighted by atomic mass is 16.5. The van der Waals surface area contributed by atoms with Crippen molar-refractivity contribution in [2.75, 3.05) is 20.6 Å². The van der Waals surface area contributed by atoms with Crippen LogP contribution in [0.4, 0.5) is 0 Å². The van der Waals surface area contributed by atoms with Crippen molar-refractivity contribution in [3.8, 4) is 5.75 Å². The summed E-state index contributed by atoms with van der Waals surface area (Å²) in [5.41, 5.74) is 1.17. The van der Waals surface area contributed by atoms with Crippen molar-refractivity contribution in [3.05, 3.63) is 29.8 Å². The van der Waals surface area contributed by atoms with Crippen LogP contribution in [-0.4, -0.2) is 48.0 Å². The van der Waals surface area contributed by atoms with E-state index in [4.69, 9.17) is 4.74 Å². The van der Waals surface area contributed by atoms with Gasteiger partial charge in [-0.2, -0.15) is 0 Å². The SMILES string of the molecule is CC(=O)N(C)C1CCC2(CC1)CN(C)Cc1ccccc1O2. The maximum absolute atomic E-state index is 11.6. The molecule has 4 heteroatoms. The van der Waals surface area contributed by atoms with Gasteiger partial charge in [0, 0.05) is 38.7 Å². The molecule has 1 spiro atoms. The van der Waals surface area contributed by atoms with Crippen molar-refractivity contribution in [3.63, 3.8) is 0 Å². The number of fused-ring (bicyclic) bond motifs is 1. The molecule has 0 atom stereocenters. The van der Waals surface area contributed by atoms with E-state index in [1.165, 1.54) is 5.56 Å². The zero-order valence-electron chi connectivity index (χ0n) is 13.8. The predicted molar refractivity (Wildman–Crippen MR) is 86.8 cm³/mol. The van der Waals surface area contributed by atoms with Crippen molar-refractivity contribution in [1.29, 1.82) is 0 Å². The second kappa shape index (κ2) is 5.92. The molecule has 4 nitrogen and oxygen atoms in total. The second-order valence-corrected chi connectivity index (χ2v) is 6.93. The Morgan fingerprint density at radius 1 is 1.32 bits per heavy atom. The first-order chi connectivity index (χ1) is 10.5. The van der Waals surface area contributed by atoms with E-state index in [1.807, 2.05) is 18.0 Å². The zero-order chi connectivity index (χ0) is 15.7. The van der Waals surface area contributed by atoms with Crippen LogP contribution < -0.4 is 4.74 Å². The van der Waals surface area contributed by atoms with Crippen LogP contribution in [0, 0.1) is 0 Å². The number of hydrogen-bond donors (Lipinski definition) is 0. The van der Waals surface area contributed by atoms with Gasteiger partial charge in [0.1, 0.15) is 11.4 Å². The maximum Gasteiger partial charge on any atom is 0.219 e. The van der Waals surface area contributed by atoms with Crippen molar-refractivity contribution in [2.45, 2.75) is 50.8 Å². The van der Waals surface area contributed by atoms with E-state index in [1.54, 1.807) is 6.92 Å². The predicted octanol–water partition coefficient (Wildman–Crippen LogP) is 2.67. The average Bonchev–Trinajstić information content (AvgIpc) is 2.62. The largest absolute Gasteiger partial charge is 0.486 e. The minimum atomic E-state index is -0.102. The second-order valence-electron chi connectivity index (χ2n) is 6.93. The number of nitrogens with zero attached hydrogens (tertiary/aromatic N) is 2. The molecule has 1 aliphatic heterocycles. The molecular formula is C18H26N2O2. The van der Waals surface area contributed by atoms with E-state index in [0.29, 0.717) is 6.04 Å². The topological polar surface area (TPSA) is 32.8 Å². The Kier molecular flexibility index (Phi) is 4.13. The molecule has 1 heterocycles. The summed E-state index contributed by atoms with van der Waals surface area (Å²) >= 11 is 0. The van der Waals surface area contributed by atoms with Gasteiger partial charge in [0.05, 0.1) is 0 Å². The summed E-state index contributed by atoms with van der Waals surface area (Å²) in [5, 5.41) is 0. The van der Waals surface area contributed by atoms with Crippen LogP contribution in [0.5, 0.6) is 5.75 Å². The van der Waals surface area contributed by atoms with Gasteiger partial charge in [-0.05, 0) is 38.8 Å². The van der Waals surface area contributed by atoms with Gasteiger partial charge in [0.25, 0.3) is 0 Å². The van der Waals surface area contributed by atoms with E-state index in [-0.39, 0.29) is 11.5 Å². The van der Waals surface area contributed by atoms with Crippen molar-refractivity contribution in [1.82, 2.24) is 9.80 Å². The molecule has 0 aromatic heterocycles. The normalized spacial score (nSPS) is 28.6. The summed E-state index contributed by atoms with van der Waals surface area (Å²) < 4.78 is 6.50. The van der Waals surface area contributed by atoms with Crippen molar-refractivity contribution in [2.24, 2.45) is 0 Å². The summed E-state index contributed by atoms with van der Waals surface area (Å²) in [6.07, 6.45) is 4.06. The molecule has 1 aromatic carbocycles. The molecule has 120 valence electrons. The van der Waals surface area contributed by atoms with Crippen LogP contribution in [0.3, 0.4) is 0 Å². The number of rotatable bonds is 1. The molecule has 0 saturated heterocycles. The molecule has 22 heavy (non-hydrogen) atoms. The summed E-state index contributed by atoms with van der Waals surface area (Å²) in [6.45, 7) is 3.55. The third-order valence-corrected chi connectivity index (χ3v) is 5.21. The van der Waals surface area contributed by atoms with Crippen molar-refractivity contribution >= 4 is 5.91 Å². The van der Waals surface area contributed by atoms with Crippen LogP contribution in [-0.2, 0) is 11.3 Å². The molecule has 1 saturated carbocycles. The average molecular weight is 302 g/mol. The number of para-hydroxylation sites is 1. The number of amides is 1. The Balaban J connectivity index is 1.76. The first-order valence-corrected chi connectivity index (χ1v) is 8.18. The van der Waals surface area contributed by atoms with Gasteiger partial charge in [0.15, 0.2) is 0 Å². The lowest BCUT2D eigenvalue weighted by atomic mass is 9.81. The highest BCUT2D eigenvalue weighted by Gasteiger charge is 2.41. The van der Waals surface area contributed by atoms with E-state index < -0.39 is 0 Å². The van der Waals surface area contributed by atoms with Gasteiger partial charge in [-0.1, -0.05) is 18.2 Å². The Morgan fingerprint density at radius 2 is 2.00 bits per heavy atom. The quantitative estimate of drug-likeness (QED) is 0.799. The van der Waals surface area contributed by atoms with Gasteiger partial charge < -0.3 is 9.64 Å². The summed E-state index contributed by atoms with van der Waals surface area (Å²) in [4.78, 5) is 15.8. The third-order valence-electron chi connectivity index (χ3n) is 5.21. The van der Waals surface area contributed by atoms with Gasteiger partial charge in [-0.25, -0.2) is 0 Å². The van der Waals surface area contributed by atoms with E-state index in [9.17, 15) is 4.79 Å². The van der Waals surface area contributed by atoms with Crippen LogP contribution in [0.2, 0.25) is 0 Å². The van der Waals surface area contributed by atoms with Gasteiger partial charge >= 0.3 is 0 Å². The molecule has 0 N–H and O–H groups in total. The number of hydrogen-bond acceptors (Lipinski definition) is 3. The molecule has 2 aliphatic rings. The fraction of sp³-hybridized carbons (Fsp3) is 0.611. The standard InChI is InChI=1S/C18H26N2O2/c1-14(21)20(3)16-8-10-18(11-9-16)13-19(2)12-15-6-4-5-7-17(15)22-18/h4-7,16H,8-13H2,1-3H3. The molecule has 1 aromatic rings. The van der Waals surface area contributed by atoms with Crippen LogP contribution in [0.25, 0.3) is 0 Å². The lowest BCUT2D eigenvalue weighted by Crippen LogP contribution is -2.51. The van der Waals surface area contributed by atoms with E-state index in [0.717, 1.165) is 44.5 Å². The minimum Gasteiger partial charge on any atom is -0.486 e. The summed E-state index contributed by atoms with van der Waals surface area (Å²) in [7, 11) is 4.08. The smallest absolute Gasteiger partial charge is 0.219 e. The Bertz CT molecular complexity index is 550. The Morgan fingerprint density at radius 3 is 2.68 bits per heavy atom. The molecule has 1 fully saturated rings. The summed E-state index contributed by atoms with van der Waals surface area (Å²) in [6, 6.07) is 8.72. The molecule has 1 amide bonds. The lowest BCUT2D eigenvalue weighted by Gasteiger charge is -2.43. The molecule has 3 rings (SSSR count). The number of likely N-dealkylation sites (N-methyl/N-ethyl adjacent to an activating group) is 1. The van der Waals surface area contributed by atoms with Crippen molar-refractivity contribution < 1.29 is 9.53 Å². The van der Waals surface area contributed by atoms with Crippen LogP contribution in [0.15, 0.2) is 24.3 Å². The fourth-order valence-electron chi connectivity index (χ4n) is 3.87. The fourth-order valence-corrected chi connectivity index (χ4v) is 3.87. The van der Waals surface area contributed by atoms with Gasteiger partial charge in [-0.15, -0.1) is 0 Å². The highest BCUT2D eigenvalue weighted by molar-refractivity contribution is 5.73. The number of benzene rings is 1. The van der Waals surface area contributed by atoms with E-state index in [2.05, 4.69) is 30.1 Å². The number of carbonyl (C=O) groups is 1. The highest BCUT2D eigenvalue weighted by Crippen LogP contribution is 2.38. The zero-order valence-corrected chi connectivity index (χ0v) is 13.8. The van der Waals surface area contributed by atoms with E-state index >= 15 is 0 Å². The number of ether oxygens (including phenoxy) is 1. The Hall–Kier alpha value is -1.55. The number of carbonyl (C=O) groups excluding carboxylic acids is 1. The Labute approximate surface area is 133 Å². The monoisotopic (exact) mass is 302 g/mol. The molecule has 0 bridgehead atoms. The minimum absolute atomic E-state index is 0.102. The first-order valence-electron chi connectivity index (χ1n) is 8.18. The lowest BCUT2D eigenvalue weighted by molar-refractivity contribution is -0.131. The molecular weight excluding hydrogens is 276 g/mol. The molecule has 0 unspecified atom stereocenters. The summed E-state index contributed by atoms with van der Waals surface area (Å²) in [5.74, 6) is 1.19. The van der Waals surface area contributed by atoms with Gasteiger partial charge in [-0.3, -0.25) is 9.69 Å². The van der Waals surface area contributed by atoms with Crippen LogP contribution in [0.1, 0.15) is 38.2 Å². The first kappa shape index (κ1) is 15.3. The molecule has 1 aliphatic carbocycles. The van der Waals surface area contributed by atoms with Gasteiger partial charge in [0.2, 0.25) is 5.91 Å². The van der Waals surface area contributed by atoms with Crippen LogP contribution >= 0.6 is 0 Å². The third kappa shape index (κ3) is 2.98. The maximum atomic E-state index is 11.6.